The van der Waals surface area contributed by atoms with Crippen LogP contribution in [0.25, 0.3) is 0 Å². The van der Waals surface area contributed by atoms with Gasteiger partial charge in [0, 0.05) is 12.4 Å². The van der Waals surface area contributed by atoms with Crippen molar-refractivity contribution in [2.75, 3.05) is 6.54 Å². The second-order valence-corrected chi connectivity index (χ2v) is 6.85. The fourth-order valence-electron chi connectivity index (χ4n) is 1.63. The molecule has 0 unspecified atom stereocenters. The molecule has 17 heavy (non-hydrogen) atoms. The summed E-state index contributed by atoms with van der Waals surface area (Å²) in [6.45, 7) is 0.298. The Morgan fingerprint density at radius 2 is 2.18 bits per heavy atom. The minimum atomic E-state index is -3.34. The van der Waals surface area contributed by atoms with Crippen LogP contribution in [0.4, 0.5) is 0 Å². The van der Waals surface area contributed by atoms with Gasteiger partial charge >= 0.3 is 0 Å². The second kappa shape index (κ2) is 4.95. The Hall–Kier alpha value is -1.24. The molecule has 2 aromatic rings. The number of pyridine rings is 1. The Bertz CT molecular complexity index is 565. The third-order valence-electron chi connectivity index (χ3n) is 2.47. The van der Waals surface area contributed by atoms with Gasteiger partial charge in [-0.15, -0.1) is 11.3 Å². The summed E-state index contributed by atoms with van der Waals surface area (Å²) in [6, 6.07) is 6.87. The van der Waals surface area contributed by atoms with E-state index in [0.29, 0.717) is 16.3 Å². The van der Waals surface area contributed by atoms with E-state index in [1.165, 1.54) is 11.3 Å². The number of aromatic nitrogens is 1. The van der Waals surface area contributed by atoms with Crippen LogP contribution in [-0.4, -0.2) is 19.9 Å². The van der Waals surface area contributed by atoms with Gasteiger partial charge in [0.05, 0.1) is 6.54 Å². The molecule has 0 saturated carbocycles. The van der Waals surface area contributed by atoms with Crippen molar-refractivity contribution in [3.05, 3.63) is 47.6 Å². The number of hydrogen-bond donors (Lipinski definition) is 1. The first kappa shape index (κ1) is 12.2. The van der Waals surface area contributed by atoms with Crippen LogP contribution < -0.4 is 5.73 Å². The summed E-state index contributed by atoms with van der Waals surface area (Å²) in [6.07, 6.45) is 3.21. The second-order valence-electron chi connectivity index (χ2n) is 3.54. The van der Waals surface area contributed by atoms with Crippen LogP contribution in [0.3, 0.4) is 0 Å². The Kier molecular flexibility index (Phi) is 3.56. The normalized spacial score (nSPS) is 13.5. The van der Waals surface area contributed by atoms with E-state index in [1.807, 2.05) is 0 Å². The van der Waals surface area contributed by atoms with E-state index in [2.05, 4.69) is 10.7 Å². The molecule has 0 amide bonds. The van der Waals surface area contributed by atoms with Gasteiger partial charge in [-0.25, -0.2) is 8.42 Å². The molecule has 0 aliphatic rings. The molecule has 2 heterocycles. The van der Waals surface area contributed by atoms with Crippen molar-refractivity contribution < 1.29 is 14.2 Å². The third kappa shape index (κ3) is 2.38. The maximum atomic E-state index is 12.4. The van der Waals surface area contributed by atoms with Crippen LogP contribution >= 0.6 is 11.3 Å². The molecular formula is C11H13N2O2S2+. The van der Waals surface area contributed by atoms with Gasteiger partial charge in [-0.1, -0.05) is 12.1 Å². The highest BCUT2D eigenvalue weighted by Crippen LogP contribution is 2.29. The molecule has 0 aliphatic carbocycles. The number of sulfone groups is 1. The van der Waals surface area contributed by atoms with Gasteiger partial charge < -0.3 is 5.73 Å². The summed E-state index contributed by atoms with van der Waals surface area (Å²) in [5.74, 6) is 0. The van der Waals surface area contributed by atoms with Crippen molar-refractivity contribution in [1.29, 1.82) is 0 Å². The Balaban J connectivity index is 2.44. The number of rotatable bonds is 4. The average molecular weight is 269 g/mol. The summed E-state index contributed by atoms with van der Waals surface area (Å²) >= 11 is 1.23. The molecule has 0 saturated heterocycles. The predicted octanol–water partition coefficient (Wildman–Crippen LogP) is 0.900. The molecule has 1 atom stereocenters. The number of thiophene rings is 1. The highest BCUT2D eigenvalue weighted by molar-refractivity contribution is 7.93. The van der Waals surface area contributed by atoms with E-state index in [1.54, 1.807) is 42.0 Å². The van der Waals surface area contributed by atoms with Crippen molar-refractivity contribution in [2.45, 2.75) is 9.46 Å². The lowest BCUT2D eigenvalue weighted by Crippen LogP contribution is -2.54. The van der Waals surface area contributed by atoms with Crippen LogP contribution in [0.15, 0.2) is 46.2 Å². The van der Waals surface area contributed by atoms with Gasteiger partial charge in [0.25, 0.3) is 0 Å². The Labute approximate surface area is 104 Å². The first-order valence-corrected chi connectivity index (χ1v) is 7.55. The van der Waals surface area contributed by atoms with Crippen LogP contribution in [0.2, 0.25) is 0 Å². The van der Waals surface area contributed by atoms with Crippen molar-refractivity contribution in [3.8, 4) is 0 Å². The Morgan fingerprint density at radius 1 is 1.35 bits per heavy atom. The molecule has 3 N–H and O–H groups in total. The standard InChI is InChI=1S/C11H12N2O2S2/c12-7-10(9-3-1-5-13-8-9)17(14,15)11-4-2-6-16-11/h1-6,8,10H,7,12H2/p+1/t10-/m0/s1. The molecular weight excluding hydrogens is 256 g/mol. The van der Waals surface area contributed by atoms with Crippen molar-refractivity contribution >= 4 is 21.2 Å². The van der Waals surface area contributed by atoms with E-state index in [9.17, 15) is 8.42 Å². The maximum absolute atomic E-state index is 12.4. The van der Waals surface area contributed by atoms with E-state index >= 15 is 0 Å². The minimum absolute atomic E-state index is 0.298. The third-order valence-corrected chi connectivity index (χ3v) is 6.07. The van der Waals surface area contributed by atoms with Crippen LogP contribution in [0.5, 0.6) is 0 Å². The molecule has 4 nitrogen and oxygen atoms in total. The highest BCUT2D eigenvalue weighted by Gasteiger charge is 2.30. The lowest BCUT2D eigenvalue weighted by atomic mass is 10.2. The summed E-state index contributed by atoms with van der Waals surface area (Å²) in [5.41, 5.74) is 4.43. The molecule has 2 aromatic heterocycles. The SMILES string of the molecule is [NH3+]C[C@@H](c1cccnc1)S(=O)(=O)c1cccs1. The highest BCUT2D eigenvalue weighted by atomic mass is 32.2. The average Bonchev–Trinajstić information content (AvgIpc) is 2.85. The quantitative estimate of drug-likeness (QED) is 0.896. The molecule has 0 radical (unpaired) electrons. The first-order chi connectivity index (χ1) is 8.16. The fourth-order valence-corrected chi connectivity index (χ4v) is 4.49. The van der Waals surface area contributed by atoms with Crippen LogP contribution in [0, 0.1) is 0 Å². The smallest absolute Gasteiger partial charge is 0.200 e. The summed E-state index contributed by atoms with van der Waals surface area (Å²) in [7, 11) is -3.34. The molecule has 0 aliphatic heterocycles. The zero-order valence-electron chi connectivity index (χ0n) is 9.11. The maximum Gasteiger partial charge on any atom is 0.200 e. The van der Waals surface area contributed by atoms with Gasteiger partial charge in [-0.05, 0) is 23.1 Å². The summed E-state index contributed by atoms with van der Waals surface area (Å²) < 4.78 is 25.1. The zero-order chi connectivity index (χ0) is 12.3. The molecule has 6 heteroatoms. The minimum Gasteiger partial charge on any atom is -0.356 e. The van der Waals surface area contributed by atoms with Crippen molar-refractivity contribution in [3.63, 3.8) is 0 Å². The summed E-state index contributed by atoms with van der Waals surface area (Å²) in [4.78, 5) is 3.96. The van der Waals surface area contributed by atoms with Crippen LogP contribution in [-0.2, 0) is 9.84 Å². The lowest BCUT2D eigenvalue weighted by molar-refractivity contribution is -0.367. The van der Waals surface area contributed by atoms with Gasteiger partial charge in [-0.2, -0.15) is 0 Å². The number of quaternary nitrogens is 1. The molecule has 2 rings (SSSR count). The fraction of sp³-hybridized carbons (Fsp3) is 0.182. The van der Waals surface area contributed by atoms with E-state index in [0.717, 1.165) is 0 Å². The largest absolute Gasteiger partial charge is 0.356 e. The number of hydrogen-bond acceptors (Lipinski definition) is 4. The molecule has 0 aromatic carbocycles. The lowest BCUT2D eigenvalue weighted by Gasteiger charge is -2.12. The van der Waals surface area contributed by atoms with Gasteiger partial charge in [0.15, 0.2) is 9.84 Å². The van der Waals surface area contributed by atoms with E-state index in [-0.39, 0.29) is 0 Å². The molecule has 0 bridgehead atoms. The molecule has 90 valence electrons. The predicted molar refractivity (Wildman–Crippen MR) is 66.2 cm³/mol. The first-order valence-electron chi connectivity index (χ1n) is 5.13. The van der Waals surface area contributed by atoms with Gasteiger partial charge in [0.1, 0.15) is 9.46 Å². The van der Waals surface area contributed by atoms with E-state index < -0.39 is 15.1 Å². The molecule has 0 spiro atoms. The van der Waals surface area contributed by atoms with Crippen LogP contribution in [0.1, 0.15) is 10.8 Å². The zero-order valence-corrected chi connectivity index (χ0v) is 10.7. The number of nitrogens with zero attached hydrogens (tertiary/aromatic N) is 1. The van der Waals surface area contributed by atoms with Gasteiger partial charge in [-0.3, -0.25) is 4.98 Å². The monoisotopic (exact) mass is 269 g/mol. The van der Waals surface area contributed by atoms with Crippen molar-refractivity contribution in [2.24, 2.45) is 0 Å². The molecule has 0 fully saturated rings. The van der Waals surface area contributed by atoms with Crippen molar-refractivity contribution in [1.82, 2.24) is 4.98 Å². The van der Waals surface area contributed by atoms with E-state index in [4.69, 9.17) is 0 Å². The summed E-state index contributed by atoms with van der Waals surface area (Å²) in [5, 5.41) is 1.14. The van der Waals surface area contributed by atoms with Gasteiger partial charge in [0.2, 0.25) is 0 Å². The Morgan fingerprint density at radius 3 is 2.71 bits per heavy atom. The topological polar surface area (TPSA) is 74.7 Å².